The van der Waals surface area contributed by atoms with Crippen molar-refractivity contribution in [3.63, 3.8) is 0 Å². The van der Waals surface area contributed by atoms with Crippen molar-refractivity contribution in [3.8, 4) is 0 Å². The topological polar surface area (TPSA) is 130 Å². The average molecular weight is 478 g/mol. The van der Waals surface area contributed by atoms with Gasteiger partial charge in [0.05, 0.1) is 17.4 Å². The van der Waals surface area contributed by atoms with Crippen molar-refractivity contribution in [2.24, 2.45) is 5.41 Å². The van der Waals surface area contributed by atoms with Gasteiger partial charge in [0.2, 0.25) is 11.8 Å². The molecule has 2 saturated heterocycles. The van der Waals surface area contributed by atoms with Gasteiger partial charge >= 0.3 is 0 Å². The van der Waals surface area contributed by atoms with Gasteiger partial charge in [0.25, 0.3) is 0 Å². The molecule has 1 aliphatic carbocycles. The number of hydrogen-bond acceptors (Lipinski definition) is 7. The molecule has 0 radical (unpaired) electrons. The van der Waals surface area contributed by atoms with Crippen LogP contribution in [0, 0.1) is 5.41 Å². The van der Waals surface area contributed by atoms with E-state index in [1.165, 1.54) is 4.90 Å². The molecule has 2 amide bonds. The molecule has 10 nitrogen and oxygen atoms in total. The molecule has 2 aliphatic heterocycles. The Morgan fingerprint density at radius 2 is 1.97 bits per heavy atom. The largest absolute Gasteiger partial charge is 0.391 e. The number of carbonyl (C=O) groups excluding carboxylic acids is 2. The van der Waals surface area contributed by atoms with Crippen molar-refractivity contribution >= 4 is 11.8 Å². The van der Waals surface area contributed by atoms with Crippen LogP contribution in [-0.2, 0) is 14.3 Å². The Bertz CT molecular complexity index is 887. The van der Waals surface area contributed by atoms with E-state index in [0.717, 1.165) is 18.5 Å². The van der Waals surface area contributed by atoms with Crippen LogP contribution < -0.4 is 5.32 Å². The van der Waals surface area contributed by atoms with Gasteiger partial charge < -0.3 is 25.2 Å². The van der Waals surface area contributed by atoms with E-state index < -0.39 is 29.2 Å². The summed E-state index contributed by atoms with van der Waals surface area (Å²) in [5.41, 5.74) is -0.434. The predicted molar refractivity (Wildman–Crippen MR) is 124 cm³/mol. The zero-order valence-corrected chi connectivity index (χ0v) is 20.7. The normalized spacial score (nSPS) is 26.8. The lowest BCUT2D eigenvalue weighted by molar-refractivity contribution is -0.144. The second-order valence-electron chi connectivity index (χ2n) is 11.5. The summed E-state index contributed by atoms with van der Waals surface area (Å²) in [7, 11) is 0. The van der Waals surface area contributed by atoms with Crippen molar-refractivity contribution in [2.75, 3.05) is 19.8 Å². The number of nitrogens with one attached hydrogen (secondary N) is 1. The molecule has 4 rings (SSSR count). The summed E-state index contributed by atoms with van der Waals surface area (Å²) >= 11 is 0. The number of ether oxygens (including phenoxy) is 1. The molecule has 3 fully saturated rings. The Kier molecular flexibility index (Phi) is 7.04. The first-order valence-electron chi connectivity index (χ1n) is 12.5. The average Bonchev–Trinajstić information content (AvgIpc) is 3.34. The first-order valence-corrected chi connectivity index (χ1v) is 12.5. The summed E-state index contributed by atoms with van der Waals surface area (Å²) in [6.45, 7) is 8.87. The summed E-state index contributed by atoms with van der Waals surface area (Å²) in [6.07, 6.45) is 4.93. The van der Waals surface area contributed by atoms with Gasteiger partial charge in [0.1, 0.15) is 12.1 Å². The van der Waals surface area contributed by atoms with E-state index in [-0.39, 0.29) is 30.8 Å². The number of aromatic nitrogens is 3. The SMILES string of the molecule is CC(CC1(O)CCOCC1)NC(=O)[C@@H]1C[C@@H](O)CN1C(=O)[C@@H](n1cc(C2CC2)nn1)C(C)(C)C. The van der Waals surface area contributed by atoms with E-state index in [9.17, 15) is 19.8 Å². The maximum absolute atomic E-state index is 13.8. The lowest BCUT2D eigenvalue weighted by Crippen LogP contribution is -2.52. The number of hydrogen-bond donors (Lipinski definition) is 3. The Hall–Kier alpha value is -2.04. The molecular weight excluding hydrogens is 438 g/mol. The van der Waals surface area contributed by atoms with Crippen LogP contribution >= 0.6 is 0 Å². The summed E-state index contributed by atoms with van der Waals surface area (Å²) in [5, 5.41) is 32.7. The van der Waals surface area contributed by atoms with Crippen LogP contribution in [0.3, 0.4) is 0 Å². The number of aliphatic hydroxyl groups excluding tert-OH is 1. The molecule has 1 aromatic heterocycles. The molecule has 34 heavy (non-hydrogen) atoms. The first kappa shape index (κ1) is 25.1. The third-order valence-corrected chi connectivity index (χ3v) is 7.21. The maximum atomic E-state index is 13.8. The quantitative estimate of drug-likeness (QED) is 0.537. The van der Waals surface area contributed by atoms with Gasteiger partial charge in [-0.25, -0.2) is 4.68 Å². The van der Waals surface area contributed by atoms with Crippen LogP contribution in [0.25, 0.3) is 0 Å². The second kappa shape index (κ2) is 9.54. The highest BCUT2D eigenvalue weighted by atomic mass is 16.5. The van der Waals surface area contributed by atoms with Gasteiger partial charge in [0.15, 0.2) is 0 Å². The Labute approximate surface area is 201 Å². The fourth-order valence-electron chi connectivity index (χ4n) is 5.24. The van der Waals surface area contributed by atoms with Crippen LogP contribution in [0.4, 0.5) is 0 Å². The van der Waals surface area contributed by atoms with E-state index in [1.54, 1.807) is 4.68 Å². The third kappa shape index (κ3) is 5.60. The number of carbonyl (C=O) groups is 2. The standard InChI is InChI=1S/C24H39N5O5/c1-15(12-24(33)7-9-34-10-8-24)25-21(31)19-11-17(30)13-28(19)22(32)20(23(2,3)4)29-14-18(26-27-29)16-5-6-16/h14-17,19-20,30,33H,5-13H2,1-4H3,(H,25,31)/t15?,17-,19+,20-/m1/s1. The lowest BCUT2D eigenvalue weighted by atomic mass is 9.85. The van der Waals surface area contributed by atoms with E-state index >= 15 is 0 Å². The summed E-state index contributed by atoms with van der Waals surface area (Å²) < 4.78 is 6.96. The van der Waals surface area contributed by atoms with Crippen LogP contribution in [-0.4, -0.2) is 85.5 Å². The molecule has 3 aliphatic rings. The highest BCUT2D eigenvalue weighted by Crippen LogP contribution is 2.40. The smallest absolute Gasteiger partial charge is 0.248 e. The number of likely N-dealkylation sites (tertiary alicyclic amines) is 1. The second-order valence-corrected chi connectivity index (χ2v) is 11.5. The van der Waals surface area contributed by atoms with E-state index in [1.807, 2.05) is 33.9 Å². The molecule has 0 aromatic carbocycles. The molecule has 1 unspecified atom stereocenters. The van der Waals surface area contributed by atoms with Gasteiger partial charge in [-0.3, -0.25) is 9.59 Å². The Balaban J connectivity index is 1.47. The minimum absolute atomic E-state index is 0.101. The summed E-state index contributed by atoms with van der Waals surface area (Å²) in [4.78, 5) is 28.5. The molecule has 10 heteroatoms. The van der Waals surface area contributed by atoms with Crippen LogP contribution in [0.15, 0.2) is 6.20 Å². The molecule has 0 bridgehead atoms. The van der Waals surface area contributed by atoms with Crippen LogP contribution in [0.2, 0.25) is 0 Å². The fraction of sp³-hybridized carbons (Fsp3) is 0.833. The minimum atomic E-state index is -0.862. The third-order valence-electron chi connectivity index (χ3n) is 7.21. The molecule has 0 spiro atoms. The van der Waals surface area contributed by atoms with Gasteiger partial charge in [-0.05, 0) is 44.4 Å². The molecule has 1 saturated carbocycles. The molecule has 4 atom stereocenters. The fourth-order valence-corrected chi connectivity index (χ4v) is 5.24. The van der Waals surface area contributed by atoms with Gasteiger partial charge in [-0.1, -0.05) is 26.0 Å². The summed E-state index contributed by atoms with van der Waals surface area (Å²) in [6, 6.07) is -1.70. The van der Waals surface area contributed by atoms with Crippen molar-refractivity contribution in [1.29, 1.82) is 0 Å². The highest BCUT2D eigenvalue weighted by molar-refractivity contribution is 5.90. The van der Waals surface area contributed by atoms with Gasteiger partial charge in [-0.15, -0.1) is 5.10 Å². The van der Waals surface area contributed by atoms with E-state index in [0.29, 0.717) is 38.4 Å². The number of nitrogens with zero attached hydrogens (tertiary/aromatic N) is 4. The first-order chi connectivity index (χ1) is 16.0. The monoisotopic (exact) mass is 477 g/mol. The lowest BCUT2D eigenvalue weighted by Gasteiger charge is -2.36. The molecular formula is C24H39N5O5. The van der Waals surface area contributed by atoms with Crippen molar-refractivity contribution in [3.05, 3.63) is 11.9 Å². The van der Waals surface area contributed by atoms with Crippen molar-refractivity contribution in [1.82, 2.24) is 25.2 Å². The van der Waals surface area contributed by atoms with Crippen LogP contribution in [0.1, 0.15) is 83.9 Å². The Morgan fingerprint density at radius 1 is 1.29 bits per heavy atom. The predicted octanol–water partition coefficient (Wildman–Crippen LogP) is 1.14. The minimum Gasteiger partial charge on any atom is -0.391 e. The van der Waals surface area contributed by atoms with Crippen molar-refractivity contribution < 1.29 is 24.5 Å². The van der Waals surface area contributed by atoms with E-state index in [4.69, 9.17) is 4.74 Å². The molecule has 3 heterocycles. The van der Waals surface area contributed by atoms with Gasteiger partial charge in [0, 0.05) is 44.3 Å². The number of rotatable bonds is 7. The molecule has 190 valence electrons. The zero-order valence-electron chi connectivity index (χ0n) is 20.7. The van der Waals surface area contributed by atoms with Gasteiger partial charge in [-0.2, -0.15) is 0 Å². The maximum Gasteiger partial charge on any atom is 0.248 e. The van der Waals surface area contributed by atoms with Crippen LogP contribution in [0.5, 0.6) is 0 Å². The number of β-amino-alcohol motifs (C(OH)–C–C–N with tert-alkyl or cyclic N) is 1. The van der Waals surface area contributed by atoms with E-state index in [2.05, 4.69) is 15.6 Å². The molecule has 1 aromatic rings. The number of amides is 2. The molecule has 3 N–H and O–H groups in total. The highest BCUT2D eigenvalue weighted by Gasteiger charge is 2.46. The zero-order chi connectivity index (χ0) is 24.7. The number of aliphatic hydroxyl groups is 2. The Morgan fingerprint density at radius 3 is 2.59 bits per heavy atom. The summed E-state index contributed by atoms with van der Waals surface area (Å²) in [5.74, 6) is -0.131. The van der Waals surface area contributed by atoms with Crippen molar-refractivity contribution in [2.45, 2.75) is 102 Å².